The van der Waals surface area contributed by atoms with Crippen LogP contribution < -0.4 is 0 Å². The van der Waals surface area contributed by atoms with E-state index in [0.717, 1.165) is 16.5 Å². The molecule has 0 radical (unpaired) electrons. The number of hydrogen-bond acceptors (Lipinski definition) is 2. The molecule has 0 atom stereocenters. The van der Waals surface area contributed by atoms with Crippen LogP contribution in [0.4, 0.5) is 0 Å². The average Bonchev–Trinajstić information content (AvgIpc) is 2.39. The normalized spacial score (nSPS) is 11.1. The van der Waals surface area contributed by atoms with Crippen molar-refractivity contribution in [2.45, 2.75) is 6.42 Å². The third-order valence-electron chi connectivity index (χ3n) is 3.08. The summed E-state index contributed by atoms with van der Waals surface area (Å²) in [4.78, 5) is 4.47. The molecule has 0 aliphatic rings. The highest BCUT2D eigenvalue weighted by atomic mass is 16.2. The van der Waals surface area contributed by atoms with Crippen LogP contribution in [-0.4, -0.2) is 16.7 Å². The number of hydrogen-bond donors (Lipinski definition) is 1. The summed E-state index contributed by atoms with van der Waals surface area (Å²) >= 11 is 0. The van der Waals surface area contributed by atoms with E-state index in [0.29, 0.717) is 6.42 Å². The first-order chi connectivity index (χ1) is 8.40. The largest absolute Gasteiger partial charge is 0.396 e. The van der Waals surface area contributed by atoms with Gasteiger partial charge in [-0.3, -0.25) is 4.98 Å². The van der Waals surface area contributed by atoms with Gasteiger partial charge in [-0.25, -0.2) is 0 Å². The fourth-order valence-electron chi connectivity index (χ4n) is 2.31. The molecule has 84 valence electrons. The van der Waals surface area contributed by atoms with Crippen molar-refractivity contribution in [2.75, 3.05) is 6.61 Å². The van der Waals surface area contributed by atoms with E-state index in [1.54, 1.807) is 0 Å². The van der Waals surface area contributed by atoms with Crippen LogP contribution in [0.5, 0.6) is 0 Å². The summed E-state index contributed by atoms with van der Waals surface area (Å²) in [7, 11) is 0. The maximum Gasteiger partial charge on any atom is 0.0711 e. The van der Waals surface area contributed by atoms with Crippen molar-refractivity contribution in [2.24, 2.45) is 0 Å². The van der Waals surface area contributed by atoms with Gasteiger partial charge in [0.1, 0.15) is 0 Å². The number of aliphatic hydroxyl groups is 1. The summed E-state index contributed by atoms with van der Waals surface area (Å²) in [6.07, 6.45) is 2.58. The molecular formula is C15H13NO. The van der Waals surface area contributed by atoms with E-state index >= 15 is 0 Å². The van der Waals surface area contributed by atoms with Crippen LogP contribution >= 0.6 is 0 Å². The van der Waals surface area contributed by atoms with Crippen molar-refractivity contribution < 1.29 is 5.11 Å². The van der Waals surface area contributed by atoms with Crippen LogP contribution in [-0.2, 0) is 6.42 Å². The van der Waals surface area contributed by atoms with Gasteiger partial charge < -0.3 is 5.11 Å². The van der Waals surface area contributed by atoms with E-state index in [1.807, 2.05) is 30.5 Å². The fraction of sp³-hybridized carbons (Fsp3) is 0.133. The highest BCUT2D eigenvalue weighted by molar-refractivity contribution is 6.07. The molecule has 0 unspecified atom stereocenters. The van der Waals surface area contributed by atoms with Crippen LogP contribution in [0.3, 0.4) is 0 Å². The lowest BCUT2D eigenvalue weighted by Crippen LogP contribution is -1.93. The van der Waals surface area contributed by atoms with Gasteiger partial charge in [0.2, 0.25) is 0 Å². The minimum absolute atomic E-state index is 0.169. The molecule has 2 nitrogen and oxygen atoms in total. The van der Waals surface area contributed by atoms with Gasteiger partial charge in [0, 0.05) is 23.6 Å². The lowest BCUT2D eigenvalue weighted by atomic mass is 10.0. The van der Waals surface area contributed by atoms with Gasteiger partial charge in [0.15, 0.2) is 0 Å². The number of aromatic nitrogens is 1. The zero-order valence-electron chi connectivity index (χ0n) is 9.43. The number of benzene rings is 2. The van der Waals surface area contributed by atoms with Gasteiger partial charge in [0.25, 0.3) is 0 Å². The number of aliphatic hydroxyl groups excluding tert-OH is 1. The first kappa shape index (κ1) is 10.2. The predicted octanol–water partition coefficient (Wildman–Crippen LogP) is 2.92. The maximum absolute atomic E-state index is 9.13. The molecule has 1 aromatic heterocycles. The van der Waals surface area contributed by atoms with Gasteiger partial charge in [0.05, 0.1) is 5.52 Å². The first-order valence-electron chi connectivity index (χ1n) is 5.76. The van der Waals surface area contributed by atoms with Gasteiger partial charge in [-0.2, -0.15) is 0 Å². The molecule has 0 spiro atoms. The van der Waals surface area contributed by atoms with Crippen LogP contribution in [0.25, 0.3) is 21.7 Å². The predicted molar refractivity (Wildman–Crippen MR) is 70.0 cm³/mol. The standard InChI is InChI=1S/C15H13NO/c17-9-8-11-5-3-7-14-15(11)13-6-2-1-4-12(13)10-16-14/h1-7,10,17H,8-9H2. The van der Waals surface area contributed by atoms with Crippen molar-refractivity contribution in [3.63, 3.8) is 0 Å². The molecule has 0 amide bonds. The fourth-order valence-corrected chi connectivity index (χ4v) is 2.31. The van der Waals surface area contributed by atoms with E-state index in [1.165, 1.54) is 10.8 Å². The van der Waals surface area contributed by atoms with E-state index in [2.05, 4.69) is 23.2 Å². The smallest absolute Gasteiger partial charge is 0.0711 e. The van der Waals surface area contributed by atoms with Crippen molar-refractivity contribution >= 4 is 21.7 Å². The molecule has 0 saturated heterocycles. The van der Waals surface area contributed by atoms with Gasteiger partial charge in [-0.05, 0) is 23.4 Å². The molecule has 0 fully saturated rings. The third-order valence-corrected chi connectivity index (χ3v) is 3.08. The van der Waals surface area contributed by atoms with E-state index in [9.17, 15) is 0 Å². The molecular weight excluding hydrogens is 210 g/mol. The van der Waals surface area contributed by atoms with Crippen LogP contribution in [0.2, 0.25) is 0 Å². The molecule has 3 aromatic rings. The first-order valence-corrected chi connectivity index (χ1v) is 5.76. The third kappa shape index (κ3) is 1.67. The molecule has 17 heavy (non-hydrogen) atoms. The molecule has 0 saturated carbocycles. The summed E-state index contributed by atoms with van der Waals surface area (Å²) < 4.78 is 0. The summed E-state index contributed by atoms with van der Waals surface area (Å²) in [6, 6.07) is 14.3. The molecule has 1 N–H and O–H groups in total. The van der Waals surface area contributed by atoms with Gasteiger partial charge in [-0.15, -0.1) is 0 Å². The Bertz CT molecular complexity index is 676. The summed E-state index contributed by atoms with van der Waals surface area (Å²) in [5, 5.41) is 12.7. The highest BCUT2D eigenvalue weighted by Gasteiger charge is 2.05. The molecule has 0 aliphatic heterocycles. The quantitative estimate of drug-likeness (QED) is 0.677. The van der Waals surface area contributed by atoms with Crippen molar-refractivity contribution in [1.29, 1.82) is 0 Å². The minimum Gasteiger partial charge on any atom is -0.396 e. The lowest BCUT2D eigenvalue weighted by molar-refractivity contribution is 0.300. The van der Waals surface area contributed by atoms with Crippen molar-refractivity contribution in [3.05, 3.63) is 54.2 Å². The van der Waals surface area contributed by atoms with E-state index in [-0.39, 0.29) is 6.61 Å². The minimum atomic E-state index is 0.169. The van der Waals surface area contributed by atoms with Crippen molar-refractivity contribution in [1.82, 2.24) is 4.98 Å². The summed E-state index contributed by atoms with van der Waals surface area (Å²) in [5.41, 5.74) is 2.16. The Morgan fingerprint density at radius 1 is 1.00 bits per heavy atom. The Labute approximate surface area is 99.5 Å². The number of pyridine rings is 1. The average molecular weight is 223 g/mol. The molecule has 3 rings (SSSR count). The van der Waals surface area contributed by atoms with Crippen molar-refractivity contribution in [3.8, 4) is 0 Å². The number of fused-ring (bicyclic) bond motifs is 3. The molecule has 0 aliphatic carbocycles. The Morgan fingerprint density at radius 3 is 2.76 bits per heavy atom. The van der Waals surface area contributed by atoms with Crippen LogP contribution in [0.1, 0.15) is 5.56 Å². The number of nitrogens with zero attached hydrogens (tertiary/aromatic N) is 1. The molecule has 1 heterocycles. The van der Waals surface area contributed by atoms with Gasteiger partial charge in [-0.1, -0.05) is 36.4 Å². The summed E-state index contributed by atoms with van der Waals surface area (Å²) in [6.45, 7) is 0.169. The zero-order valence-corrected chi connectivity index (χ0v) is 9.43. The SMILES string of the molecule is OCCc1cccc2ncc3ccccc3c12. The number of rotatable bonds is 2. The second kappa shape index (κ2) is 4.15. The topological polar surface area (TPSA) is 33.1 Å². The second-order valence-electron chi connectivity index (χ2n) is 4.13. The lowest BCUT2D eigenvalue weighted by Gasteiger charge is -2.08. The Balaban J connectivity index is 2.45. The Kier molecular flexibility index (Phi) is 2.50. The van der Waals surface area contributed by atoms with Crippen LogP contribution in [0, 0.1) is 0 Å². The molecule has 0 bridgehead atoms. The summed E-state index contributed by atoms with van der Waals surface area (Å²) in [5.74, 6) is 0. The second-order valence-corrected chi connectivity index (χ2v) is 4.13. The maximum atomic E-state index is 9.13. The van der Waals surface area contributed by atoms with E-state index < -0.39 is 0 Å². The monoisotopic (exact) mass is 223 g/mol. The molecule has 2 heteroatoms. The van der Waals surface area contributed by atoms with Crippen LogP contribution in [0.15, 0.2) is 48.7 Å². The zero-order chi connectivity index (χ0) is 11.7. The highest BCUT2D eigenvalue weighted by Crippen LogP contribution is 2.26. The van der Waals surface area contributed by atoms with E-state index in [4.69, 9.17) is 5.11 Å². The van der Waals surface area contributed by atoms with Gasteiger partial charge >= 0.3 is 0 Å². The Morgan fingerprint density at radius 2 is 1.88 bits per heavy atom. The molecule has 2 aromatic carbocycles. The Hall–Kier alpha value is -1.93.